The summed E-state index contributed by atoms with van der Waals surface area (Å²) in [4.78, 5) is 0.289. The Morgan fingerprint density at radius 3 is 2.60 bits per heavy atom. The molecule has 0 bridgehead atoms. The summed E-state index contributed by atoms with van der Waals surface area (Å²) in [5, 5.41) is 0. The van der Waals surface area contributed by atoms with Gasteiger partial charge in [-0.05, 0) is 43.5 Å². The Kier molecular flexibility index (Phi) is 5.93. The van der Waals surface area contributed by atoms with Gasteiger partial charge in [0.1, 0.15) is 0 Å². The number of thioether (sulfide) groups is 1. The van der Waals surface area contributed by atoms with E-state index in [1.54, 1.807) is 19.9 Å². The van der Waals surface area contributed by atoms with Gasteiger partial charge < -0.3 is 5.73 Å². The number of hydrogen-bond donors (Lipinski definition) is 2. The maximum atomic E-state index is 12.4. The Labute approximate surface area is 125 Å². The first-order valence-corrected chi connectivity index (χ1v) is 8.82. The number of benzene rings is 1. The Hall–Kier alpha value is -1.16. The fourth-order valence-electron chi connectivity index (χ4n) is 1.90. The Balaban J connectivity index is 2.96. The van der Waals surface area contributed by atoms with E-state index >= 15 is 0 Å². The van der Waals surface area contributed by atoms with Gasteiger partial charge in [-0.2, -0.15) is 0 Å². The van der Waals surface area contributed by atoms with Gasteiger partial charge in [0.15, 0.2) is 0 Å². The van der Waals surface area contributed by atoms with E-state index < -0.39 is 10.0 Å². The molecule has 1 rings (SSSR count). The molecule has 0 aliphatic rings. The molecule has 0 radical (unpaired) electrons. The molecule has 4 nitrogen and oxygen atoms in total. The first-order valence-electron chi connectivity index (χ1n) is 6.18. The Morgan fingerprint density at radius 2 is 2.00 bits per heavy atom. The van der Waals surface area contributed by atoms with Crippen molar-refractivity contribution in [3.05, 3.63) is 22.8 Å². The van der Waals surface area contributed by atoms with Crippen LogP contribution in [0.15, 0.2) is 11.0 Å². The monoisotopic (exact) mass is 312 g/mol. The van der Waals surface area contributed by atoms with Crippen molar-refractivity contribution in [3.8, 4) is 12.3 Å². The standard InChI is InChI=1S/C14H20N2O2S2/c1-5-7-19-8-6-16-20(17,18)14-11(3)10(2)9-13(15)12(14)4/h1,9,16H,6-8,15H2,2-4H3. The van der Waals surface area contributed by atoms with E-state index in [2.05, 4.69) is 10.6 Å². The first-order chi connectivity index (χ1) is 9.31. The maximum absolute atomic E-state index is 12.4. The molecule has 0 saturated carbocycles. The van der Waals surface area contributed by atoms with Gasteiger partial charge in [0.2, 0.25) is 10.0 Å². The summed E-state index contributed by atoms with van der Waals surface area (Å²) in [6, 6.07) is 1.80. The van der Waals surface area contributed by atoms with Gasteiger partial charge in [-0.25, -0.2) is 13.1 Å². The van der Waals surface area contributed by atoms with Gasteiger partial charge in [-0.3, -0.25) is 0 Å². The molecule has 0 aromatic heterocycles. The number of terminal acetylenes is 1. The minimum atomic E-state index is -3.55. The molecule has 0 aliphatic heterocycles. The van der Waals surface area contributed by atoms with Crippen LogP contribution in [0.25, 0.3) is 0 Å². The molecule has 6 heteroatoms. The molecule has 20 heavy (non-hydrogen) atoms. The summed E-state index contributed by atoms with van der Waals surface area (Å²) in [7, 11) is -3.55. The van der Waals surface area contributed by atoms with Crippen molar-refractivity contribution >= 4 is 27.5 Å². The van der Waals surface area contributed by atoms with E-state index in [0.29, 0.717) is 29.3 Å². The molecular formula is C14H20N2O2S2. The van der Waals surface area contributed by atoms with Gasteiger partial charge in [0.05, 0.1) is 10.6 Å². The number of nitrogens with two attached hydrogens (primary N) is 1. The zero-order chi connectivity index (χ0) is 15.3. The van der Waals surface area contributed by atoms with E-state index in [-0.39, 0.29) is 4.90 Å². The van der Waals surface area contributed by atoms with Crippen LogP contribution >= 0.6 is 11.8 Å². The van der Waals surface area contributed by atoms with Crippen LogP contribution in [0, 0.1) is 33.1 Å². The highest BCUT2D eigenvalue weighted by molar-refractivity contribution is 7.99. The highest BCUT2D eigenvalue weighted by Gasteiger charge is 2.21. The molecule has 0 spiro atoms. The molecule has 110 valence electrons. The smallest absolute Gasteiger partial charge is 0.241 e. The molecule has 0 unspecified atom stereocenters. The number of hydrogen-bond acceptors (Lipinski definition) is 4. The third kappa shape index (κ3) is 3.92. The van der Waals surface area contributed by atoms with Crippen LogP contribution in [0.4, 0.5) is 5.69 Å². The van der Waals surface area contributed by atoms with Crippen LogP contribution < -0.4 is 10.5 Å². The largest absolute Gasteiger partial charge is 0.398 e. The number of aryl methyl sites for hydroxylation is 1. The van der Waals surface area contributed by atoms with E-state index in [1.165, 1.54) is 11.8 Å². The lowest BCUT2D eigenvalue weighted by molar-refractivity contribution is 0.583. The van der Waals surface area contributed by atoms with E-state index in [1.807, 2.05) is 6.92 Å². The van der Waals surface area contributed by atoms with Gasteiger partial charge in [-0.15, -0.1) is 18.2 Å². The van der Waals surface area contributed by atoms with E-state index in [9.17, 15) is 8.42 Å². The lowest BCUT2D eigenvalue weighted by Gasteiger charge is -2.15. The van der Waals surface area contributed by atoms with Crippen molar-refractivity contribution in [3.63, 3.8) is 0 Å². The normalized spacial score (nSPS) is 11.3. The molecule has 0 saturated heterocycles. The zero-order valence-electron chi connectivity index (χ0n) is 12.0. The van der Waals surface area contributed by atoms with Crippen molar-refractivity contribution in [1.82, 2.24) is 4.72 Å². The lowest BCUT2D eigenvalue weighted by Crippen LogP contribution is -2.28. The van der Waals surface area contributed by atoms with Crippen molar-refractivity contribution in [2.75, 3.05) is 23.8 Å². The highest BCUT2D eigenvalue weighted by Crippen LogP contribution is 2.27. The predicted octanol–water partition coefficient (Wildman–Crippen LogP) is 1.84. The number of nitrogen functional groups attached to an aromatic ring is 1. The Morgan fingerprint density at radius 1 is 1.35 bits per heavy atom. The van der Waals surface area contributed by atoms with Gasteiger partial charge in [0.25, 0.3) is 0 Å². The molecule has 0 heterocycles. The van der Waals surface area contributed by atoms with Gasteiger partial charge >= 0.3 is 0 Å². The third-order valence-corrected chi connectivity index (χ3v) is 5.67. The van der Waals surface area contributed by atoms with Crippen LogP contribution in [0.5, 0.6) is 0 Å². The lowest BCUT2D eigenvalue weighted by atomic mass is 10.1. The fourth-order valence-corrected chi connectivity index (χ4v) is 4.13. The van der Waals surface area contributed by atoms with Crippen LogP contribution in [0.1, 0.15) is 16.7 Å². The van der Waals surface area contributed by atoms with Crippen LogP contribution in [-0.4, -0.2) is 26.5 Å². The fraction of sp³-hybridized carbons (Fsp3) is 0.429. The number of sulfonamides is 1. The molecule has 1 aromatic carbocycles. The summed E-state index contributed by atoms with van der Waals surface area (Å²) >= 11 is 1.52. The molecular weight excluding hydrogens is 292 g/mol. The quantitative estimate of drug-likeness (QED) is 0.477. The highest BCUT2D eigenvalue weighted by atomic mass is 32.2. The molecule has 0 amide bonds. The van der Waals surface area contributed by atoms with E-state index in [0.717, 1.165) is 11.1 Å². The summed E-state index contributed by atoms with van der Waals surface area (Å²) < 4.78 is 27.4. The maximum Gasteiger partial charge on any atom is 0.241 e. The average molecular weight is 312 g/mol. The second-order valence-electron chi connectivity index (χ2n) is 4.52. The van der Waals surface area contributed by atoms with Crippen LogP contribution in [0.2, 0.25) is 0 Å². The first kappa shape index (κ1) is 16.9. The second-order valence-corrected chi connectivity index (χ2v) is 7.33. The second kappa shape index (κ2) is 7.02. The molecule has 0 atom stereocenters. The van der Waals surface area contributed by atoms with Crippen molar-refractivity contribution in [2.24, 2.45) is 0 Å². The minimum Gasteiger partial charge on any atom is -0.398 e. The van der Waals surface area contributed by atoms with Crippen LogP contribution in [0.3, 0.4) is 0 Å². The molecule has 3 N–H and O–H groups in total. The van der Waals surface area contributed by atoms with Crippen molar-refractivity contribution < 1.29 is 8.42 Å². The number of rotatable bonds is 6. The third-order valence-electron chi connectivity index (χ3n) is 3.07. The summed E-state index contributed by atoms with van der Waals surface area (Å²) in [6.45, 7) is 5.72. The van der Waals surface area contributed by atoms with Crippen LogP contribution in [-0.2, 0) is 10.0 Å². The minimum absolute atomic E-state index is 0.289. The van der Waals surface area contributed by atoms with Crippen molar-refractivity contribution in [1.29, 1.82) is 0 Å². The number of anilines is 1. The number of nitrogens with one attached hydrogen (secondary N) is 1. The molecule has 0 aliphatic carbocycles. The molecule has 1 aromatic rings. The average Bonchev–Trinajstić information content (AvgIpc) is 2.36. The molecule has 0 fully saturated rings. The summed E-state index contributed by atoms with van der Waals surface area (Å²) in [5.41, 5.74) is 8.56. The van der Waals surface area contributed by atoms with Gasteiger partial charge in [-0.1, -0.05) is 5.92 Å². The van der Waals surface area contributed by atoms with Crippen molar-refractivity contribution in [2.45, 2.75) is 25.7 Å². The topological polar surface area (TPSA) is 72.2 Å². The summed E-state index contributed by atoms with van der Waals surface area (Å²) in [5.74, 6) is 3.72. The van der Waals surface area contributed by atoms with E-state index in [4.69, 9.17) is 12.2 Å². The predicted molar refractivity (Wildman–Crippen MR) is 86.4 cm³/mol. The SMILES string of the molecule is C#CCSCCNS(=O)(=O)c1c(C)c(C)cc(N)c1C. The Bertz CT molecular complexity index is 605. The summed E-state index contributed by atoms with van der Waals surface area (Å²) in [6.07, 6.45) is 5.14. The zero-order valence-corrected chi connectivity index (χ0v) is 13.6. The van der Waals surface area contributed by atoms with Gasteiger partial charge in [0, 0.05) is 18.0 Å².